The number of hydrogen-bond donors (Lipinski definition) is 3. The smallest absolute Gasteiger partial charge is 0.416 e. The number of halogens is 3. The number of benzene rings is 2. The molecular formula is C19H20F3NO5. The van der Waals surface area contributed by atoms with Crippen LogP contribution in [0.25, 0.3) is 0 Å². The average Bonchev–Trinajstić information content (AvgIpc) is 2.65. The molecule has 0 amide bonds. The molecule has 0 aliphatic heterocycles. The fourth-order valence-electron chi connectivity index (χ4n) is 2.18. The lowest BCUT2D eigenvalue weighted by Crippen LogP contribution is -2.17. The summed E-state index contributed by atoms with van der Waals surface area (Å²) < 4.78 is 42.6. The molecule has 0 saturated heterocycles. The lowest BCUT2D eigenvalue weighted by atomic mass is 10.1. The van der Waals surface area contributed by atoms with Gasteiger partial charge in [0.15, 0.2) is 0 Å². The van der Waals surface area contributed by atoms with Crippen LogP contribution in [0.3, 0.4) is 0 Å². The van der Waals surface area contributed by atoms with Crippen molar-refractivity contribution in [2.24, 2.45) is 0 Å². The molecule has 0 fully saturated rings. The van der Waals surface area contributed by atoms with E-state index in [1.165, 1.54) is 12.1 Å². The minimum Gasteiger partial charge on any atom is -0.496 e. The van der Waals surface area contributed by atoms with Gasteiger partial charge >= 0.3 is 18.1 Å². The Morgan fingerprint density at radius 3 is 2.07 bits per heavy atom. The zero-order valence-electron chi connectivity index (χ0n) is 15.0. The molecule has 0 atom stereocenters. The van der Waals surface area contributed by atoms with Gasteiger partial charge in [-0.05, 0) is 42.3 Å². The Balaban J connectivity index is 0.000000568. The molecule has 2 rings (SSSR count). The molecule has 0 aliphatic carbocycles. The minimum absolute atomic E-state index is 0.535. The number of para-hydroxylation sites is 1. The number of hydrogen-bond acceptors (Lipinski definition) is 4. The highest BCUT2D eigenvalue weighted by molar-refractivity contribution is 6.27. The average molecular weight is 399 g/mol. The van der Waals surface area contributed by atoms with Crippen molar-refractivity contribution in [2.75, 3.05) is 13.7 Å². The number of rotatable bonds is 6. The Morgan fingerprint density at radius 2 is 1.57 bits per heavy atom. The molecule has 2 aromatic rings. The first-order chi connectivity index (χ1) is 13.1. The largest absolute Gasteiger partial charge is 0.496 e. The summed E-state index contributed by atoms with van der Waals surface area (Å²) in [4.78, 5) is 18.2. The molecule has 9 heteroatoms. The second kappa shape index (κ2) is 10.9. The number of nitrogens with one attached hydrogen (secondary N) is 1. The Hall–Kier alpha value is -3.07. The Bertz CT molecular complexity index is 764. The van der Waals surface area contributed by atoms with Gasteiger partial charge in [-0.15, -0.1) is 0 Å². The van der Waals surface area contributed by atoms with E-state index < -0.39 is 23.7 Å². The van der Waals surface area contributed by atoms with Gasteiger partial charge in [0, 0.05) is 6.54 Å². The standard InChI is InChI=1S/C17H18F3NO.C2H2O4/c1-22-16-5-3-2-4-14(16)10-11-21-12-13-6-8-15(9-7-13)17(18,19)20;3-1(4)2(5)6/h2-9,21H,10-12H2,1H3;(H,3,4)(H,5,6). The normalized spacial score (nSPS) is 10.6. The summed E-state index contributed by atoms with van der Waals surface area (Å²) >= 11 is 0. The molecule has 6 nitrogen and oxygen atoms in total. The first kappa shape index (κ1) is 23.0. The van der Waals surface area contributed by atoms with E-state index in [0.717, 1.165) is 42.0 Å². The molecule has 0 spiro atoms. The van der Waals surface area contributed by atoms with Gasteiger partial charge in [0.25, 0.3) is 0 Å². The Labute approximate surface area is 159 Å². The fourth-order valence-corrected chi connectivity index (χ4v) is 2.18. The van der Waals surface area contributed by atoms with E-state index in [2.05, 4.69) is 5.32 Å². The molecule has 0 heterocycles. The van der Waals surface area contributed by atoms with Crippen molar-refractivity contribution in [3.05, 3.63) is 65.2 Å². The summed E-state index contributed by atoms with van der Waals surface area (Å²) in [7, 11) is 1.63. The second-order valence-corrected chi connectivity index (χ2v) is 5.54. The summed E-state index contributed by atoms with van der Waals surface area (Å²) in [6.45, 7) is 1.26. The highest BCUT2D eigenvalue weighted by Gasteiger charge is 2.29. The zero-order valence-corrected chi connectivity index (χ0v) is 15.0. The van der Waals surface area contributed by atoms with Gasteiger partial charge < -0.3 is 20.3 Å². The Morgan fingerprint density at radius 1 is 1.00 bits per heavy atom. The first-order valence-corrected chi connectivity index (χ1v) is 8.10. The van der Waals surface area contributed by atoms with Crippen LogP contribution in [0.5, 0.6) is 5.75 Å². The summed E-state index contributed by atoms with van der Waals surface area (Å²) in [6.07, 6.45) is -3.49. The predicted molar refractivity (Wildman–Crippen MR) is 95.1 cm³/mol. The zero-order chi connectivity index (χ0) is 21.2. The third-order valence-electron chi connectivity index (χ3n) is 3.56. The van der Waals surface area contributed by atoms with E-state index in [1.54, 1.807) is 7.11 Å². The third-order valence-corrected chi connectivity index (χ3v) is 3.56. The highest BCUT2D eigenvalue weighted by atomic mass is 19.4. The molecule has 0 aromatic heterocycles. The van der Waals surface area contributed by atoms with E-state index in [0.29, 0.717) is 6.54 Å². The topological polar surface area (TPSA) is 95.9 Å². The number of methoxy groups -OCH3 is 1. The van der Waals surface area contributed by atoms with Crippen LogP contribution < -0.4 is 10.1 Å². The molecular weight excluding hydrogens is 379 g/mol. The first-order valence-electron chi connectivity index (χ1n) is 8.10. The van der Waals surface area contributed by atoms with Crippen LogP contribution in [0.2, 0.25) is 0 Å². The summed E-state index contributed by atoms with van der Waals surface area (Å²) in [5.74, 6) is -2.80. The lowest BCUT2D eigenvalue weighted by Gasteiger charge is -2.10. The fraction of sp³-hybridized carbons (Fsp3) is 0.263. The number of carbonyl (C=O) groups is 2. The third kappa shape index (κ3) is 8.09. The predicted octanol–water partition coefficient (Wildman–Crippen LogP) is 3.20. The van der Waals surface area contributed by atoms with Crippen molar-refractivity contribution in [1.82, 2.24) is 5.32 Å². The molecule has 152 valence electrons. The van der Waals surface area contributed by atoms with Crippen molar-refractivity contribution in [3.8, 4) is 5.75 Å². The lowest BCUT2D eigenvalue weighted by molar-refractivity contribution is -0.159. The molecule has 0 bridgehead atoms. The van der Waals surface area contributed by atoms with Crippen molar-refractivity contribution < 1.29 is 37.7 Å². The van der Waals surface area contributed by atoms with E-state index in [4.69, 9.17) is 24.5 Å². The van der Waals surface area contributed by atoms with Gasteiger partial charge in [-0.25, -0.2) is 9.59 Å². The monoisotopic (exact) mass is 399 g/mol. The quantitative estimate of drug-likeness (QED) is 0.510. The van der Waals surface area contributed by atoms with Gasteiger partial charge in [0.2, 0.25) is 0 Å². The van der Waals surface area contributed by atoms with E-state index in [1.807, 2.05) is 24.3 Å². The second-order valence-electron chi connectivity index (χ2n) is 5.54. The van der Waals surface area contributed by atoms with Crippen molar-refractivity contribution in [1.29, 1.82) is 0 Å². The maximum Gasteiger partial charge on any atom is 0.416 e. The molecule has 0 saturated carbocycles. The van der Waals surface area contributed by atoms with Gasteiger partial charge in [-0.1, -0.05) is 30.3 Å². The van der Waals surface area contributed by atoms with E-state index in [9.17, 15) is 13.2 Å². The van der Waals surface area contributed by atoms with Crippen LogP contribution >= 0.6 is 0 Å². The molecule has 0 unspecified atom stereocenters. The number of ether oxygens (including phenoxy) is 1. The molecule has 28 heavy (non-hydrogen) atoms. The maximum atomic E-state index is 12.5. The summed E-state index contributed by atoms with van der Waals surface area (Å²) in [5, 5.41) is 18.0. The molecule has 3 N–H and O–H groups in total. The van der Waals surface area contributed by atoms with Crippen LogP contribution in [0.4, 0.5) is 13.2 Å². The van der Waals surface area contributed by atoms with Crippen LogP contribution in [0.1, 0.15) is 16.7 Å². The number of carboxylic acids is 2. The minimum atomic E-state index is -4.28. The van der Waals surface area contributed by atoms with Crippen molar-refractivity contribution >= 4 is 11.9 Å². The molecule has 0 aliphatic rings. The number of carboxylic acid groups (broad SMARTS) is 2. The van der Waals surface area contributed by atoms with E-state index >= 15 is 0 Å². The Kier molecular flexibility index (Phi) is 8.97. The van der Waals surface area contributed by atoms with Crippen molar-refractivity contribution in [2.45, 2.75) is 19.1 Å². The van der Waals surface area contributed by atoms with Crippen LogP contribution in [-0.2, 0) is 28.7 Å². The summed E-state index contributed by atoms with van der Waals surface area (Å²) in [5.41, 5.74) is 1.31. The van der Waals surface area contributed by atoms with Gasteiger partial charge in [-0.3, -0.25) is 0 Å². The molecule has 0 radical (unpaired) electrons. The molecule has 2 aromatic carbocycles. The van der Waals surface area contributed by atoms with Gasteiger partial charge in [-0.2, -0.15) is 13.2 Å². The van der Waals surface area contributed by atoms with E-state index in [-0.39, 0.29) is 0 Å². The van der Waals surface area contributed by atoms with Crippen LogP contribution in [0, 0.1) is 0 Å². The maximum absolute atomic E-state index is 12.5. The van der Waals surface area contributed by atoms with Crippen LogP contribution in [-0.4, -0.2) is 35.8 Å². The van der Waals surface area contributed by atoms with Crippen LogP contribution in [0.15, 0.2) is 48.5 Å². The SMILES string of the molecule is COc1ccccc1CCNCc1ccc(C(F)(F)F)cc1.O=C(O)C(=O)O. The number of alkyl halides is 3. The highest BCUT2D eigenvalue weighted by Crippen LogP contribution is 2.29. The summed E-state index contributed by atoms with van der Waals surface area (Å²) in [6, 6.07) is 13.0. The number of aliphatic carboxylic acids is 2. The van der Waals surface area contributed by atoms with Gasteiger partial charge in [0.1, 0.15) is 5.75 Å². The van der Waals surface area contributed by atoms with Crippen molar-refractivity contribution in [3.63, 3.8) is 0 Å². The van der Waals surface area contributed by atoms with Gasteiger partial charge in [0.05, 0.1) is 12.7 Å².